The summed E-state index contributed by atoms with van der Waals surface area (Å²) < 4.78 is 39.9. The summed E-state index contributed by atoms with van der Waals surface area (Å²) >= 11 is 0. The molecule has 3 N–H and O–H groups in total. The molecule has 0 aliphatic carbocycles. The minimum Gasteiger partial charge on any atom is -0.477 e. The Morgan fingerprint density at radius 2 is 1.83 bits per heavy atom. The van der Waals surface area contributed by atoms with Crippen LogP contribution in [-0.2, 0) is 0 Å². The van der Waals surface area contributed by atoms with E-state index in [-0.39, 0.29) is 11.4 Å². The second-order valence-corrected chi connectivity index (χ2v) is 3.38. The number of carbonyl (C=O) groups is 1. The molecule has 1 aromatic carbocycles. The maximum atomic E-state index is 13.4. The number of hydrogen-bond acceptors (Lipinski definition) is 3. The summed E-state index contributed by atoms with van der Waals surface area (Å²) in [5, 5.41) is 12.3. The highest BCUT2D eigenvalue weighted by molar-refractivity contribution is 5.92. The second kappa shape index (κ2) is 4.06. The van der Waals surface area contributed by atoms with Crippen LogP contribution in [0.1, 0.15) is 10.4 Å². The van der Waals surface area contributed by atoms with Gasteiger partial charge in [0.2, 0.25) is 0 Å². The van der Waals surface area contributed by atoms with Crippen molar-refractivity contribution in [1.82, 2.24) is 9.78 Å². The molecule has 0 radical (unpaired) electrons. The maximum absolute atomic E-state index is 13.4. The first-order chi connectivity index (χ1) is 8.41. The van der Waals surface area contributed by atoms with E-state index in [1.165, 1.54) is 0 Å². The van der Waals surface area contributed by atoms with Crippen LogP contribution in [0.3, 0.4) is 0 Å². The van der Waals surface area contributed by atoms with Crippen molar-refractivity contribution in [2.75, 3.05) is 5.73 Å². The van der Waals surface area contributed by atoms with Gasteiger partial charge in [0.25, 0.3) is 0 Å². The van der Waals surface area contributed by atoms with E-state index in [1.54, 1.807) is 0 Å². The van der Waals surface area contributed by atoms with E-state index in [1.807, 2.05) is 0 Å². The first-order valence-corrected chi connectivity index (χ1v) is 4.63. The highest BCUT2D eigenvalue weighted by Gasteiger charge is 2.18. The number of carboxylic acids is 1. The van der Waals surface area contributed by atoms with E-state index < -0.39 is 29.1 Å². The van der Waals surface area contributed by atoms with Crippen LogP contribution in [0, 0.1) is 17.5 Å². The third kappa shape index (κ3) is 1.77. The Hall–Kier alpha value is -2.51. The van der Waals surface area contributed by atoms with Crippen molar-refractivity contribution < 1.29 is 23.1 Å². The van der Waals surface area contributed by atoms with Crippen molar-refractivity contribution >= 4 is 11.8 Å². The summed E-state index contributed by atoms with van der Waals surface area (Å²) in [5.74, 6) is -5.51. The third-order valence-corrected chi connectivity index (χ3v) is 2.25. The molecule has 1 aromatic heterocycles. The smallest absolute Gasteiger partial charge is 0.341 e. The van der Waals surface area contributed by atoms with Crippen molar-refractivity contribution in [1.29, 1.82) is 0 Å². The molecule has 0 saturated carbocycles. The predicted octanol–water partition coefficient (Wildman–Crippen LogP) is 1.57. The Morgan fingerprint density at radius 3 is 2.39 bits per heavy atom. The van der Waals surface area contributed by atoms with Crippen molar-refractivity contribution in [2.24, 2.45) is 0 Å². The molecule has 0 saturated heterocycles. The van der Waals surface area contributed by atoms with Gasteiger partial charge in [0.15, 0.2) is 17.5 Å². The van der Waals surface area contributed by atoms with Gasteiger partial charge in [-0.25, -0.2) is 22.6 Å². The van der Waals surface area contributed by atoms with Gasteiger partial charge in [-0.3, -0.25) is 0 Å². The Balaban J connectivity index is 2.63. The fraction of sp³-hybridized carbons (Fsp3) is 0. The van der Waals surface area contributed by atoms with Gasteiger partial charge in [-0.1, -0.05) is 0 Å². The summed E-state index contributed by atoms with van der Waals surface area (Å²) in [6.45, 7) is 0. The first kappa shape index (κ1) is 12.0. The molecular weight excluding hydrogens is 251 g/mol. The Labute approximate surface area is 98.3 Å². The number of rotatable bonds is 2. The van der Waals surface area contributed by atoms with Gasteiger partial charge in [-0.05, 0) is 0 Å². The van der Waals surface area contributed by atoms with Gasteiger partial charge in [0.1, 0.15) is 17.1 Å². The zero-order valence-corrected chi connectivity index (χ0v) is 8.69. The molecule has 5 nitrogen and oxygen atoms in total. The minimum atomic E-state index is -1.36. The molecule has 2 rings (SSSR count). The van der Waals surface area contributed by atoms with Crippen LogP contribution >= 0.6 is 0 Å². The lowest BCUT2D eigenvalue weighted by molar-refractivity contribution is 0.0698. The van der Waals surface area contributed by atoms with Crippen LogP contribution in [-0.4, -0.2) is 20.9 Å². The van der Waals surface area contributed by atoms with Gasteiger partial charge >= 0.3 is 5.97 Å². The molecule has 0 atom stereocenters. The zero-order chi connectivity index (χ0) is 13.4. The fourth-order valence-corrected chi connectivity index (χ4v) is 1.39. The molecule has 94 valence electrons. The van der Waals surface area contributed by atoms with Gasteiger partial charge in [-0.2, -0.15) is 5.10 Å². The summed E-state index contributed by atoms with van der Waals surface area (Å²) in [4.78, 5) is 10.7. The number of halogens is 3. The monoisotopic (exact) mass is 257 g/mol. The average Bonchev–Trinajstić information content (AvgIpc) is 2.66. The number of carboxylic acid groups (broad SMARTS) is 1. The summed E-state index contributed by atoms with van der Waals surface area (Å²) in [6.07, 6.45) is 0.887. The van der Waals surface area contributed by atoms with Crippen LogP contribution in [0.25, 0.3) is 5.69 Å². The van der Waals surface area contributed by atoms with Crippen molar-refractivity contribution in [3.8, 4) is 5.69 Å². The number of nitrogen functional groups attached to an aromatic ring is 1. The summed E-state index contributed by atoms with van der Waals surface area (Å²) in [5.41, 5.74) is 4.59. The van der Waals surface area contributed by atoms with Gasteiger partial charge < -0.3 is 10.8 Å². The van der Waals surface area contributed by atoms with Gasteiger partial charge in [0.05, 0.1) is 6.20 Å². The topological polar surface area (TPSA) is 81.1 Å². The molecule has 0 aliphatic heterocycles. The second-order valence-electron chi connectivity index (χ2n) is 3.38. The van der Waals surface area contributed by atoms with Crippen LogP contribution in [0.4, 0.5) is 19.0 Å². The molecule has 0 aliphatic rings. The first-order valence-electron chi connectivity index (χ1n) is 4.63. The van der Waals surface area contributed by atoms with E-state index in [4.69, 9.17) is 10.8 Å². The fourth-order valence-electron chi connectivity index (χ4n) is 1.39. The molecule has 0 spiro atoms. The van der Waals surface area contributed by atoms with E-state index in [9.17, 15) is 18.0 Å². The average molecular weight is 257 g/mol. The van der Waals surface area contributed by atoms with Gasteiger partial charge in [-0.15, -0.1) is 0 Å². The maximum Gasteiger partial charge on any atom is 0.341 e. The lowest BCUT2D eigenvalue weighted by Crippen LogP contribution is -2.08. The van der Waals surface area contributed by atoms with Crippen molar-refractivity contribution in [3.05, 3.63) is 41.3 Å². The number of benzene rings is 1. The van der Waals surface area contributed by atoms with E-state index in [0.717, 1.165) is 6.20 Å². The van der Waals surface area contributed by atoms with Crippen LogP contribution in [0.5, 0.6) is 0 Å². The number of hydrogen-bond donors (Lipinski definition) is 2. The molecule has 8 heteroatoms. The largest absolute Gasteiger partial charge is 0.477 e. The molecule has 2 aromatic rings. The Morgan fingerprint density at radius 1 is 1.22 bits per heavy atom. The highest BCUT2D eigenvalue weighted by Crippen LogP contribution is 2.21. The molecule has 0 fully saturated rings. The van der Waals surface area contributed by atoms with E-state index in [2.05, 4.69) is 5.10 Å². The molecule has 1 heterocycles. The lowest BCUT2D eigenvalue weighted by atomic mass is 10.2. The zero-order valence-electron chi connectivity index (χ0n) is 8.69. The normalized spacial score (nSPS) is 10.6. The Bertz CT molecular complexity index is 640. The van der Waals surface area contributed by atoms with Crippen LogP contribution in [0.2, 0.25) is 0 Å². The third-order valence-electron chi connectivity index (χ3n) is 2.25. The Kier molecular flexibility index (Phi) is 2.70. The molecule has 0 bridgehead atoms. The minimum absolute atomic E-state index is 0.326. The summed E-state index contributed by atoms with van der Waals surface area (Å²) in [7, 11) is 0. The van der Waals surface area contributed by atoms with Gasteiger partial charge in [0, 0.05) is 12.1 Å². The molecular formula is C10H6F3N3O2. The van der Waals surface area contributed by atoms with Crippen LogP contribution < -0.4 is 5.73 Å². The standard InChI is InChI=1S/C10H6F3N3O2/c11-5-1-7(13)8(2-6(5)12)16-9(14)4(3-15-16)10(17)18/h1-3H,14H2,(H,17,18). The van der Waals surface area contributed by atoms with Crippen molar-refractivity contribution in [2.45, 2.75) is 0 Å². The molecule has 18 heavy (non-hydrogen) atoms. The summed E-state index contributed by atoms with van der Waals surface area (Å²) in [6, 6.07) is 0.867. The quantitative estimate of drug-likeness (QED) is 0.800. The number of aromatic carboxylic acids is 1. The van der Waals surface area contributed by atoms with Crippen molar-refractivity contribution in [3.63, 3.8) is 0 Å². The number of nitrogens with zero attached hydrogens (tertiary/aromatic N) is 2. The number of anilines is 1. The number of nitrogens with two attached hydrogens (primary N) is 1. The molecule has 0 unspecified atom stereocenters. The van der Waals surface area contributed by atoms with E-state index >= 15 is 0 Å². The number of aromatic nitrogens is 2. The lowest BCUT2D eigenvalue weighted by Gasteiger charge is -2.06. The SMILES string of the molecule is Nc1c(C(=O)O)cnn1-c1cc(F)c(F)cc1F. The van der Waals surface area contributed by atoms with E-state index in [0.29, 0.717) is 16.8 Å². The molecule has 0 amide bonds. The predicted molar refractivity (Wildman–Crippen MR) is 54.8 cm³/mol. The highest BCUT2D eigenvalue weighted by atomic mass is 19.2. The van der Waals surface area contributed by atoms with Crippen LogP contribution in [0.15, 0.2) is 18.3 Å².